The largest absolute Gasteiger partial charge is 0.394 e. The molecule has 17 N–H and O–H groups in total. The molecule has 2 heterocycles. The molecule has 3 fully saturated rings. The van der Waals surface area contributed by atoms with Gasteiger partial charge in [-0.3, -0.25) is 4.79 Å². The van der Waals surface area contributed by atoms with Gasteiger partial charge in [-0.1, -0.05) is 0 Å². The van der Waals surface area contributed by atoms with Crippen LogP contribution in [0.2, 0.25) is 0 Å². The number of nitrogens with two attached hydrogens (primary N) is 4. The van der Waals surface area contributed by atoms with Crippen molar-refractivity contribution < 1.29 is 64.6 Å². The Morgan fingerprint density at radius 3 is 2.05 bits per heavy atom. The Kier molecular flexibility index (Phi) is 11.9. The highest BCUT2D eigenvalue weighted by Crippen LogP contribution is 2.32. The van der Waals surface area contributed by atoms with Crippen molar-refractivity contribution in [2.24, 2.45) is 22.9 Å². The molecule has 0 aromatic carbocycles. The third-order valence-corrected chi connectivity index (χ3v) is 7.51. The molecular weight excluding hydrogens is 542 g/mol. The minimum atomic E-state index is -1.76. The molecule has 1 aliphatic carbocycles. The van der Waals surface area contributed by atoms with Gasteiger partial charge in [-0.15, -0.1) is 0 Å². The number of carbonyl (C=O) groups is 1. The van der Waals surface area contributed by atoms with Gasteiger partial charge in [0.15, 0.2) is 12.6 Å². The number of ether oxygens (including phenoxy) is 4. The topological polar surface area (TPSA) is 332 Å². The van der Waals surface area contributed by atoms with E-state index in [1.807, 2.05) is 0 Å². The standard InChI is InChI=1S/C22H43N5O13/c23-2-1-8(29)20(36)27-7-3-6(25)18(39-22-16(34)15(33)13(31)9(4-24)37-22)17(35)19(7)40-21-14(32)11(26)12(30)10(5-28)38-21/h6-19,21-22,28-35H,1-5,23-26H2,(H,27,36)/t6-,7?,8?,9?,10?,11?,12?,13?,14?,15?,16?,17?,18+,19+,21-,22+/m1/s1. The Labute approximate surface area is 229 Å². The number of amides is 1. The third kappa shape index (κ3) is 7.06. The number of aliphatic hydroxyl groups excluding tert-OH is 8. The highest BCUT2D eigenvalue weighted by Gasteiger charge is 2.52. The molecule has 0 radical (unpaired) electrons. The van der Waals surface area contributed by atoms with E-state index in [4.69, 9.17) is 41.9 Å². The first kappa shape index (κ1) is 33.3. The summed E-state index contributed by atoms with van der Waals surface area (Å²) in [6, 6.07) is -3.45. The monoisotopic (exact) mass is 585 g/mol. The molecule has 2 saturated heterocycles. The van der Waals surface area contributed by atoms with E-state index in [1.165, 1.54) is 0 Å². The Hall–Kier alpha value is -1.17. The van der Waals surface area contributed by atoms with Gasteiger partial charge in [-0.05, 0) is 19.4 Å². The lowest BCUT2D eigenvalue weighted by Crippen LogP contribution is -2.69. The van der Waals surface area contributed by atoms with Crippen molar-refractivity contribution in [3.8, 4) is 0 Å². The maximum atomic E-state index is 12.6. The number of nitrogens with one attached hydrogen (secondary N) is 1. The summed E-state index contributed by atoms with van der Waals surface area (Å²) in [5, 5.41) is 84.9. The van der Waals surface area contributed by atoms with Gasteiger partial charge in [0, 0.05) is 12.6 Å². The molecular formula is C22H43N5O13. The van der Waals surface area contributed by atoms with Gasteiger partial charge in [0.25, 0.3) is 0 Å². The summed E-state index contributed by atoms with van der Waals surface area (Å²) in [7, 11) is 0. The molecule has 2 aliphatic heterocycles. The summed E-state index contributed by atoms with van der Waals surface area (Å²) >= 11 is 0. The van der Waals surface area contributed by atoms with Crippen molar-refractivity contribution in [1.29, 1.82) is 0 Å². The Balaban J connectivity index is 1.85. The number of rotatable bonds is 10. The molecule has 18 nitrogen and oxygen atoms in total. The highest BCUT2D eigenvalue weighted by atomic mass is 16.7. The fourth-order valence-electron chi connectivity index (χ4n) is 5.07. The molecule has 0 aromatic heterocycles. The lowest BCUT2D eigenvalue weighted by atomic mass is 9.83. The average Bonchev–Trinajstić information content (AvgIpc) is 2.92. The smallest absolute Gasteiger partial charge is 0.249 e. The molecule has 1 amide bonds. The first-order chi connectivity index (χ1) is 18.9. The Bertz CT molecular complexity index is 815. The highest BCUT2D eigenvalue weighted by molar-refractivity contribution is 5.80. The summed E-state index contributed by atoms with van der Waals surface area (Å²) in [5.74, 6) is -0.845. The van der Waals surface area contributed by atoms with Crippen LogP contribution < -0.4 is 28.3 Å². The van der Waals surface area contributed by atoms with Crippen LogP contribution in [0.3, 0.4) is 0 Å². The fraction of sp³-hybridized carbons (Fsp3) is 0.955. The summed E-state index contributed by atoms with van der Waals surface area (Å²) in [4.78, 5) is 12.6. The second-order valence-electron chi connectivity index (χ2n) is 10.3. The van der Waals surface area contributed by atoms with Gasteiger partial charge < -0.3 is 88.1 Å². The summed E-state index contributed by atoms with van der Waals surface area (Å²) < 4.78 is 22.5. The van der Waals surface area contributed by atoms with Gasteiger partial charge in [-0.25, -0.2) is 0 Å². The van der Waals surface area contributed by atoms with E-state index in [0.717, 1.165) is 0 Å². The van der Waals surface area contributed by atoms with E-state index in [2.05, 4.69) is 5.32 Å². The predicted molar refractivity (Wildman–Crippen MR) is 131 cm³/mol. The van der Waals surface area contributed by atoms with Gasteiger partial charge >= 0.3 is 0 Å². The molecule has 40 heavy (non-hydrogen) atoms. The van der Waals surface area contributed by atoms with E-state index in [1.54, 1.807) is 0 Å². The Morgan fingerprint density at radius 1 is 0.850 bits per heavy atom. The zero-order valence-electron chi connectivity index (χ0n) is 21.7. The SMILES string of the molecule is NCCC(O)C(=O)NC1C[C@@H](N)[C@H](O[C@@H]2OC(CN)C(O)C(O)C2O)C(O)[C@H]1O[C@H]1OC(CO)C(O)C(N)C1O. The van der Waals surface area contributed by atoms with Crippen LogP contribution >= 0.6 is 0 Å². The zero-order valence-corrected chi connectivity index (χ0v) is 21.7. The molecule has 16 atom stereocenters. The van der Waals surface area contributed by atoms with Gasteiger partial charge in [-0.2, -0.15) is 0 Å². The van der Waals surface area contributed by atoms with Gasteiger partial charge in [0.1, 0.15) is 67.1 Å². The lowest BCUT2D eigenvalue weighted by Gasteiger charge is -2.49. The van der Waals surface area contributed by atoms with Crippen LogP contribution in [0.15, 0.2) is 0 Å². The number of hydrogen-bond donors (Lipinski definition) is 13. The minimum absolute atomic E-state index is 0.0101. The molecule has 0 bridgehead atoms. The molecule has 1 saturated carbocycles. The van der Waals surface area contributed by atoms with Crippen molar-refractivity contribution in [2.45, 2.75) is 111 Å². The molecule has 18 heteroatoms. The van der Waals surface area contributed by atoms with E-state index >= 15 is 0 Å². The van der Waals surface area contributed by atoms with Crippen LogP contribution in [0.1, 0.15) is 12.8 Å². The quantitative estimate of drug-likeness (QED) is 0.113. The first-order valence-electron chi connectivity index (χ1n) is 13.1. The minimum Gasteiger partial charge on any atom is -0.394 e. The fourth-order valence-corrected chi connectivity index (χ4v) is 5.07. The molecule has 11 unspecified atom stereocenters. The van der Waals surface area contributed by atoms with Crippen molar-refractivity contribution in [3.05, 3.63) is 0 Å². The summed E-state index contributed by atoms with van der Waals surface area (Å²) in [5.41, 5.74) is 23.1. The number of carbonyl (C=O) groups excluding carboxylic acids is 1. The second-order valence-corrected chi connectivity index (χ2v) is 10.3. The van der Waals surface area contributed by atoms with Crippen molar-refractivity contribution in [1.82, 2.24) is 5.32 Å². The molecule has 234 valence electrons. The van der Waals surface area contributed by atoms with Crippen LogP contribution in [-0.2, 0) is 23.7 Å². The van der Waals surface area contributed by atoms with Crippen LogP contribution in [0.4, 0.5) is 0 Å². The first-order valence-corrected chi connectivity index (χ1v) is 13.1. The van der Waals surface area contributed by atoms with Crippen LogP contribution in [0.25, 0.3) is 0 Å². The van der Waals surface area contributed by atoms with Crippen molar-refractivity contribution >= 4 is 5.91 Å². The van der Waals surface area contributed by atoms with Gasteiger partial charge in [0.05, 0.1) is 18.7 Å². The van der Waals surface area contributed by atoms with Crippen molar-refractivity contribution in [3.63, 3.8) is 0 Å². The normalized spacial score (nSPS) is 47.0. The number of aliphatic hydroxyl groups is 8. The predicted octanol–water partition coefficient (Wildman–Crippen LogP) is -8.42. The molecule has 0 spiro atoms. The van der Waals surface area contributed by atoms with Crippen molar-refractivity contribution in [2.75, 3.05) is 19.7 Å². The van der Waals surface area contributed by atoms with Gasteiger partial charge in [0.2, 0.25) is 5.91 Å². The number of hydrogen-bond acceptors (Lipinski definition) is 17. The van der Waals surface area contributed by atoms with Crippen LogP contribution in [0.5, 0.6) is 0 Å². The van der Waals surface area contributed by atoms with Crippen LogP contribution in [-0.4, -0.2) is 164 Å². The summed E-state index contributed by atoms with van der Waals surface area (Å²) in [6.07, 6.45) is -19.8. The van der Waals surface area contributed by atoms with E-state index < -0.39 is 110 Å². The lowest BCUT2D eigenvalue weighted by molar-refractivity contribution is -0.332. The Morgan fingerprint density at radius 2 is 1.45 bits per heavy atom. The molecule has 3 aliphatic rings. The maximum Gasteiger partial charge on any atom is 0.249 e. The average molecular weight is 586 g/mol. The van der Waals surface area contributed by atoms with E-state index in [9.17, 15) is 45.6 Å². The summed E-state index contributed by atoms with van der Waals surface area (Å²) in [6.45, 7) is -0.898. The third-order valence-electron chi connectivity index (χ3n) is 7.51. The van der Waals surface area contributed by atoms with E-state index in [-0.39, 0.29) is 25.9 Å². The van der Waals surface area contributed by atoms with Crippen LogP contribution in [0, 0.1) is 0 Å². The zero-order chi connectivity index (χ0) is 29.9. The molecule has 3 rings (SSSR count). The van der Waals surface area contributed by atoms with E-state index in [0.29, 0.717) is 0 Å². The molecule has 0 aromatic rings. The maximum absolute atomic E-state index is 12.6. The second kappa shape index (κ2) is 14.3.